The van der Waals surface area contributed by atoms with Crippen LogP contribution < -0.4 is 10.1 Å². The first-order valence-corrected chi connectivity index (χ1v) is 6.82. The van der Waals surface area contributed by atoms with Gasteiger partial charge in [-0.2, -0.15) is 0 Å². The molecule has 0 bridgehead atoms. The second kappa shape index (κ2) is 5.44. The Labute approximate surface area is 122 Å². The first kappa shape index (κ1) is 13.4. The third-order valence-corrected chi connectivity index (χ3v) is 3.85. The maximum Gasteiger partial charge on any atom is 0.275 e. The van der Waals surface area contributed by atoms with Gasteiger partial charge in [0.25, 0.3) is 5.69 Å². The van der Waals surface area contributed by atoms with E-state index in [1.54, 1.807) is 6.07 Å². The second-order valence-electron chi connectivity index (χ2n) is 5.16. The number of nitrogens with zero attached hydrogens (tertiary/aromatic N) is 1. The van der Waals surface area contributed by atoms with Crippen LogP contribution in [0.5, 0.6) is 5.75 Å². The fourth-order valence-corrected chi connectivity index (χ4v) is 2.69. The highest BCUT2D eigenvalue weighted by atomic mass is 16.6. The van der Waals surface area contributed by atoms with E-state index in [0.717, 1.165) is 13.0 Å². The molecule has 1 atom stereocenters. The molecular formula is C16H16N2O3. The Morgan fingerprint density at radius 3 is 2.86 bits per heavy atom. The van der Waals surface area contributed by atoms with Crippen LogP contribution in [0, 0.1) is 10.1 Å². The number of nitro benzene ring substituents is 1. The maximum absolute atomic E-state index is 10.9. The number of anilines is 1. The molecule has 0 saturated carbocycles. The lowest BCUT2D eigenvalue weighted by Gasteiger charge is -2.30. The molecule has 1 aliphatic rings. The molecule has 3 rings (SSSR count). The van der Waals surface area contributed by atoms with Crippen LogP contribution in [0.3, 0.4) is 0 Å². The number of hydrogen-bond acceptors (Lipinski definition) is 4. The van der Waals surface area contributed by atoms with Crippen molar-refractivity contribution in [2.24, 2.45) is 0 Å². The van der Waals surface area contributed by atoms with Crippen LogP contribution in [-0.2, 0) is 6.42 Å². The molecule has 0 radical (unpaired) electrons. The molecule has 0 aliphatic heterocycles. The summed E-state index contributed by atoms with van der Waals surface area (Å²) in [6.45, 7) is 0.765. The quantitative estimate of drug-likeness (QED) is 0.675. The fourth-order valence-electron chi connectivity index (χ4n) is 2.69. The standard InChI is InChI=1S/C16H16N2O3/c1-21-15-8-13(7-14(9-15)18(19)20)17-10-12-6-11-4-2-3-5-16(11)12/h2-5,7-9,12,17H,6,10H2,1H3. The number of benzene rings is 2. The molecule has 1 N–H and O–H groups in total. The highest BCUT2D eigenvalue weighted by Gasteiger charge is 2.25. The molecule has 2 aromatic rings. The van der Waals surface area contributed by atoms with Crippen LogP contribution in [0.2, 0.25) is 0 Å². The van der Waals surface area contributed by atoms with Gasteiger partial charge in [-0.15, -0.1) is 0 Å². The highest BCUT2D eigenvalue weighted by molar-refractivity contribution is 5.57. The van der Waals surface area contributed by atoms with Gasteiger partial charge in [-0.3, -0.25) is 10.1 Å². The number of hydrogen-bond donors (Lipinski definition) is 1. The second-order valence-corrected chi connectivity index (χ2v) is 5.16. The van der Waals surface area contributed by atoms with Crippen LogP contribution in [0.1, 0.15) is 17.0 Å². The van der Waals surface area contributed by atoms with Crippen LogP contribution in [0.15, 0.2) is 42.5 Å². The summed E-state index contributed by atoms with van der Waals surface area (Å²) in [4.78, 5) is 10.5. The molecule has 5 heteroatoms. The highest BCUT2D eigenvalue weighted by Crippen LogP contribution is 2.35. The predicted molar refractivity (Wildman–Crippen MR) is 81.0 cm³/mol. The zero-order chi connectivity index (χ0) is 14.8. The van der Waals surface area contributed by atoms with E-state index in [1.807, 2.05) is 12.1 Å². The Balaban J connectivity index is 1.71. The van der Waals surface area contributed by atoms with Gasteiger partial charge < -0.3 is 10.1 Å². The Kier molecular flexibility index (Phi) is 3.48. The normalized spacial score (nSPS) is 15.8. The Bertz CT molecular complexity index is 685. The molecule has 1 aliphatic carbocycles. The summed E-state index contributed by atoms with van der Waals surface area (Å²) >= 11 is 0. The number of nitrogens with one attached hydrogen (secondary N) is 1. The minimum absolute atomic E-state index is 0.0332. The monoisotopic (exact) mass is 284 g/mol. The van der Waals surface area contributed by atoms with Gasteiger partial charge >= 0.3 is 0 Å². The molecule has 1 unspecified atom stereocenters. The fraction of sp³-hybridized carbons (Fsp3) is 0.250. The van der Waals surface area contributed by atoms with Gasteiger partial charge in [-0.1, -0.05) is 24.3 Å². The lowest BCUT2D eigenvalue weighted by atomic mass is 9.77. The summed E-state index contributed by atoms with van der Waals surface area (Å²) in [5.41, 5.74) is 3.50. The third kappa shape index (κ3) is 2.67. The smallest absolute Gasteiger partial charge is 0.275 e. The van der Waals surface area contributed by atoms with Crippen molar-refractivity contribution in [3.8, 4) is 5.75 Å². The summed E-state index contributed by atoms with van der Waals surface area (Å²) in [6, 6.07) is 13.1. The number of rotatable bonds is 5. The first-order chi connectivity index (χ1) is 10.2. The molecule has 0 heterocycles. The van der Waals surface area contributed by atoms with E-state index in [9.17, 15) is 10.1 Å². The van der Waals surface area contributed by atoms with Gasteiger partial charge in [-0.25, -0.2) is 0 Å². The molecule has 0 fully saturated rings. The minimum atomic E-state index is -0.410. The van der Waals surface area contributed by atoms with Crippen molar-refractivity contribution < 1.29 is 9.66 Å². The van der Waals surface area contributed by atoms with Crippen molar-refractivity contribution in [3.05, 3.63) is 63.7 Å². The largest absolute Gasteiger partial charge is 0.496 e. The van der Waals surface area contributed by atoms with Gasteiger partial charge in [-0.05, 0) is 17.5 Å². The zero-order valence-electron chi connectivity index (χ0n) is 11.7. The van der Waals surface area contributed by atoms with Gasteiger partial charge in [0, 0.05) is 30.3 Å². The maximum atomic E-state index is 10.9. The number of non-ortho nitro benzene ring substituents is 1. The third-order valence-electron chi connectivity index (χ3n) is 3.85. The van der Waals surface area contributed by atoms with Crippen LogP contribution in [0.4, 0.5) is 11.4 Å². The Hall–Kier alpha value is -2.56. The van der Waals surface area contributed by atoms with Crippen molar-refractivity contribution in [2.45, 2.75) is 12.3 Å². The van der Waals surface area contributed by atoms with E-state index in [-0.39, 0.29) is 5.69 Å². The molecule has 0 spiro atoms. The molecule has 0 saturated heterocycles. The van der Waals surface area contributed by atoms with Gasteiger partial charge in [0.1, 0.15) is 5.75 Å². The topological polar surface area (TPSA) is 64.4 Å². The summed E-state index contributed by atoms with van der Waals surface area (Å²) in [5.74, 6) is 0.951. The predicted octanol–water partition coefficient (Wildman–Crippen LogP) is 3.36. The average molecular weight is 284 g/mol. The Morgan fingerprint density at radius 1 is 1.33 bits per heavy atom. The van der Waals surface area contributed by atoms with Crippen molar-refractivity contribution in [2.75, 3.05) is 19.0 Å². The van der Waals surface area contributed by atoms with Crippen molar-refractivity contribution in [1.82, 2.24) is 0 Å². The molecular weight excluding hydrogens is 268 g/mol. The SMILES string of the molecule is COc1cc(NCC2Cc3ccccc32)cc([N+](=O)[O-])c1. The van der Waals surface area contributed by atoms with Crippen molar-refractivity contribution in [3.63, 3.8) is 0 Å². The lowest BCUT2D eigenvalue weighted by Crippen LogP contribution is -2.24. The molecule has 5 nitrogen and oxygen atoms in total. The van der Waals surface area contributed by atoms with E-state index < -0.39 is 4.92 Å². The molecule has 2 aromatic carbocycles. The summed E-state index contributed by atoms with van der Waals surface area (Å²) in [5, 5.41) is 14.2. The van der Waals surface area contributed by atoms with Gasteiger partial charge in [0.2, 0.25) is 0 Å². The van der Waals surface area contributed by atoms with Gasteiger partial charge in [0.05, 0.1) is 18.1 Å². The lowest BCUT2D eigenvalue weighted by molar-refractivity contribution is -0.384. The summed E-state index contributed by atoms with van der Waals surface area (Å²) in [7, 11) is 1.50. The zero-order valence-corrected chi connectivity index (χ0v) is 11.7. The van der Waals surface area contributed by atoms with E-state index in [4.69, 9.17) is 4.74 Å². The molecule has 108 valence electrons. The number of fused-ring (bicyclic) bond motifs is 1. The minimum Gasteiger partial charge on any atom is -0.496 e. The van der Waals surface area contributed by atoms with Gasteiger partial charge in [0.15, 0.2) is 0 Å². The van der Waals surface area contributed by atoms with Crippen LogP contribution in [-0.4, -0.2) is 18.6 Å². The van der Waals surface area contributed by atoms with Crippen molar-refractivity contribution >= 4 is 11.4 Å². The summed E-state index contributed by atoms with van der Waals surface area (Å²) < 4.78 is 5.10. The van der Waals surface area contributed by atoms with E-state index in [1.165, 1.54) is 30.4 Å². The van der Waals surface area contributed by atoms with Crippen molar-refractivity contribution in [1.29, 1.82) is 0 Å². The van der Waals surface area contributed by atoms with Crippen LogP contribution >= 0.6 is 0 Å². The van der Waals surface area contributed by atoms with Crippen LogP contribution in [0.25, 0.3) is 0 Å². The van der Waals surface area contributed by atoms with E-state index in [2.05, 4.69) is 17.4 Å². The number of ether oxygens (including phenoxy) is 1. The summed E-state index contributed by atoms with van der Waals surface area (Å²) in [6.07, 6.45) is 1.05. The first-order valence-electron chi connectivity index (χ1n) is 6.82. The average Bonchev–Trinajstić information content (AvgIpc) is 2.47. The van der Waals surface area contributed by atoms with E-state index in [0.29, 0.717) is 17.4 Å². The molecule has 21 heavy (non-hydrogen) atoms. The molecule has 0 aromatic heterocycles. The number of nitro groups is 1. The Morgan fingerprint density at radius 2 is 2.14 bits per heavy atom. The van der Waals surface area contributed by atoms with E-state index >= 15 is 0 Å². The molecule has 0 amide bonds. The number of methoxy groups -OCH3 is 1.